The van der Waals surface area contributed by atoms with Crippen LogP contribution >= 0.6 is 0 Å². The van der Waals surface area contributed by atoms with Crippen LogP contribution in [0.5, 0.6) is 0 Å². The predicted octanol–water partition coefficient (Wildman–Crippen LogP) is 1.76. The van der Waals surface area contributed by atoms with Gasteiger partial charge in [0.15, 0.2) is 0 Å². The highest BCUT2D eigenvalue weighted by atomic mass is 16.3. The molecular weight excluding hydrogens is 326 g/mol. The number of carbonyl (C=O) groups excluding carboxylic acids is 1. The molecule has 1 aliphatic heterocycles. The van der Waals surface area contributed by atoms with E-state index in [4.69, 9.17) is 0 Å². The van der Waals surface area contributed by atoms with Gasteiger partial charge in [0, 0.05) is 19.6 Å². The molecule has 1 aromatic carbocycles. The van der Waals surface area contributed by atoms with Crippen molar-refractivity contribution in [3.05, 3.63) is 35.9 Å². The maximum atomic E-state index is 12.1. The van der Waals surface area contributed by atoms with Crippen LogP contribution in [0, 0.1) is 5.92 Å². The molecule has 2 N–H and O–H groups in total. The normalized spacial score (nSPS) is 17.4. The molecule has 1 fully saturated rings. The fourth-order valence-corrected chi connectivity index (χ4v) is 3.70. The average molecular weight is 362 g/mol. The first-order valence-corrected chi connectivity index (χ1v) is 9.92. The minimum absolute atomic E-state index is 0.118. The number of nitrogens with one attached hydrogen (secondary N) is 1. The molecule has 1 atom stereocenters. The van der Waals surface area contributed by atoms with Crippen LogP contribution in [-0.4, -0.2) is 73.2 Å². The number of aliphatic hydroxyl groups excluding tert-OH is 1. The van der Waals surface area contributed by atoms with Crippen molar-refractivity contribution in [3.8, 4) is 0 Å². The van der Waals surface area contributed by atoms with Gasteiger partial charge in [0.1, 0.15) is 0 Å². The molecule has 0 aliphatic carbocycles. The van der Waals surface area contributed by atoms with Gasteiger partial charge in [0.2, 0.25) is 5.91 Å². The summed E-state index contributed by atoms with van der Waals surface area (Å²) in [5.74, 6) is 0.767. The van der Waals surface area contributed by atoms with Gasteiger partial charge in [0.25, 0.3) is 0 Å². The van der Waals surface area contributed by atoms with E-state index in [-0.39, 0.29) is 12.0 Å². The SMILES string of the molecule is CC(O)CN1CCC(CN(C)CC(=O)NCCCc2ccccc2)CC1. The van der Waals surface area contributed by atoms with Crippen molar-refractivity contribution in [3.63, 3.8) is 0 Å². The van der Waals surface area contributed by atoms with Crippen LogP contribution in [0.25, 0.3) is 0 Å². The second-order valence-corrected chi connectivity index (χ2v) is 7.73. The number of carbonyl (C=O) groups is 1. The first kappa shape index (κ1) is 20.9. The quantitative estimate of drug-likeness (QED) is 0.624. The Labute approximate surface area is 158 Å². The zero-order valence-electron chi connectivity index (χ0n) is 16.4. The molecule has 0 bridgehead atoms. The van der Waals surface area contributed by atoms with Gasteiger partial charge >= 0.3 is 0 Å². The van der Waals surface area contributed by atoms with E-state index in [1.807, 2.05) is 20.0 Å². The molecule has 0 spiro atoms. The molecule has 1 unspecified atom stereocenters. The standard InChI is InChI=1S/C21H35N3O2/c1-18(25)15-24-13-10-20(11-14-24)16-23(2)17-21(26)22-12-6-9-19-7-4-3-5-8-19/h3-5,7-8,18,20,25H,6,9-17H2,1-2H3,(H,22,26). The third-order valence-corrected chi connectivity index (χ3v) is 5.02. The largest absolute Gasteiger partial charge is 0.392 e. The highest BCUT2D eigenvalue weighted by molar-refractivity contribution is 5.77. The number of hydrogen-bond donors (Lipinski definition) is 2. The molecule has 1 heterocycles. The predicted molar refractivity (Wildman–Crippen MR) is 106 cm³/mol. The number of hydrogen-bond acceptors (Lipinski definition) is 4. The molecule has 0 radical (unpaired) electrons. The third kappa shape index (κ3) is 8.30. The van der Waals surface area contributed by atoms with Crippen molar-refractivity contribution >= 4 is 5.91 Å². The number of β-amino-alcohol motifs (C(OH)–C–C–N with tert-alkyl or cyclic N) is 1. The monoisotopic (exact) mass is 361 g/mol. The molecule has 5 nitrogen and oxygen atoms in total. The molecule has 2 rings (SSSR count). The Morgan fingerprint density at radius 2 is 2.00 bits per heavy atom. The lowest BCUT2D eigenvalue weighted by atomic mass is 9.96. The zero-order chi connectivity index (χ0) is 18.8. The van der Waals surface area contributed by atoms with Gasteiger partial charge in [-0.05, 0) is 64.2 Å². The Balaban J connectivity index is 1.54. The average Bonchev–Trinajstić information content (AvgIpc) is 2.61. The number of aliphatic hydroxyl groups is 1. The Morgan fingerprint density at radius 1 is 1.31 bits per heavy atom. The van der Waals surface area contributed by atoms with Crippen LogP contribution in [0.4, 0.5) is 0 Å². The van der Waals surface area contributed by atoms with Crippen molar-refractivity contribution in [2.75, 3.05) is 46.3 Å². The van der Waals surface area contributed by atoms with Crippen LogP contribution < -0.4 is 5.32 Å². The van der Waals surface area contributed by atoms with Gasteiger partial charge in [-0.2, -0.15) is 0 Å². The summed E-state index contributed by atoms with van der Waals surface area (Å²) >= 11 is 0. The lowest BCUT2D eigenvalue weighted by Gasteiger charge is -2.34. The Morgan fingerprint density at radius 3 is 2.65 bits per heavy atom. The maximum absolute atomic E-state index is 12.1. The summed E-state index contributed by atoms with van der Waals surface area (Å²) in [6.45, 7) is 6.90. The third-order valence-electron chi connectivity index (χ3n) is 5.02. The lowest BCUT2D eigenvalue weighted by molar-refractivity contribution is -0.122. The second-order valence-electron chi connectivity index (χ2n) is 7.73. The van der Waals surface area contributed by atoms with E-state index in [0.717, 1.165) is 58.4 Å². The summed E-state index contributed by atoms with van der Waals surface area (Å²) < 4.78 is 0. The van der Waals surface area contributed by atoms with Crippen LogP contribution in [0.15, 0.2) is 30.3 Å². The van der Waals surface area contributed by atoms with E-state index in [2.05, 4.69) is 39.4 Å². The van der Waals surface area contributed by atoms with Crippen LogP contribution in [0.3, 0.4) is 0 Å². The molecule has 5 heteroatoms. The topological polar surface area (TPSA) is 55.8 Å². The molecule has 26 heavy (non-hydrogen) atoms. The van der Waals surface area contributed by atoms with Crippen molar-refractivity contribution in [2.45, 2.75) is 38.7 Å². The zero-order valence-corrected chi connectivity index (χ0v) is 16.4. The molecule has 1 amide bonds. The second kappa shape index (κ2) is 11.3. The number of nitrogens with zero attached hydrogens (tertiary/aromatic N) is 2. The van der Waals surface area contributed by atoms with Crippen LogP contribution in [0.2, 0.25) is 0 Å². The summed E-state index contributed by atoms with van der Waals surface area (Å²) in [4.78, 5) is 16.6. The fraction of sp³-hybridized carbons (Fsp3) is 0.667. The number of likely N-dealkylation sites (tertiary alicyclic amines) is 1. The van der Waals surface area contributed by atoms with Gasteiger partial charge < -0.3 is 15.3 Å². The van der Waals surface area contributed by atoms with Crippen molar-refractivity contribution in [2.24, 2.45) is 5.92 Å². The molecule has 146 valence electrons. The minimum Gasteiger partial charge on any atom is -0.392 e. The van der Waals surface area contributed by atoms with Gasteiger partial charge in [-0.1, -0.05) is 30.3 Å². The maximum Gasteiger partial charge on any atom is 0.234 e. The number of likely N-dealkylation sites (N-methyl/N-ethyl adjacent to an activating group) is 1. The summed E-state index contributed by atoms with van der Waals surface area (Å²) in [7, 11) is 2.03. The van der Waals surface area contributed by atoms with Gasteiger partial charge in [-0.15, -0.1) is 0 Å². The van der Waals surface area contributed by atoms with E-state index in [1.165, 1.54) is 5.56 Å². The Bertz CT molecular complexity index is 513. The number of benzene rings is 1. The highest BCUT2D eigenvalue weighted by Gasteiger charge is 2.21. The Kier molecular flexibility index (Phi) is 9.09. The molecule has 1 aliphatic rings. The molecule has 0 aromatic heterocycles. The molecule has 1 saturated heterocycles. The molecular formula is C21H35N3O2. The van der Waals surface area contributed by atoms with Gasteiger partial charge in [-0.3, -0.25) is 9.69 Å². The fourth-order valence-electron chi connectivity index (χ4n) is 3.70. The van der Waals surface area contributed by atoms with E-state index in [9.17, 15) is 9.90 Å². The first-order valence-electron chi connectivity index (χ1n) is 9.92. The number of piperidine rings is 1. The van der Waals surface area contributed by atoms with Crippen molar-refractivity contribution in [1.29, 1.82) is 0 Å². The van der Waals surface area contributed by atoms with Crippen molar-refractivity contribution in [1.82, 2.24) is 15.1 Å². The van der Waals surface area contributed by atoms with E-state index < -0.39 is 0 Å². The first-order chi connectivity index (χ1) is 12.5. The molecule has 1 aromatic rings. The number of aryl methyl sites for hydroxylation is 1. The number of rotatable bonds is 10. The lowest BCUT2D eigenvalue weighted by Crippen LogP contribution is -2.42. The smallest absolute Gasteiger partial charge is 0.234 e. The summed E-state index contributed by atoms with van der Waals surface area (Å²) in [6, 6.07) is 10.4. The Hall–Kier alpha value is -1.43. The number of amides is 1. The minimum atomic E-state index is -0.250. The molecule has 0 saturated carbocycles. The summed E-state index contributed by atoms with van der Waals surface area (Å²) in [5, 5.41) is 12.5. The van der Waals surface area contributed by atoms with Crippen LogP contribution in [0.1, 0.15) is 31.7 Å². The van der Waals surface area contributed by atoms with E-state index in [1.54, 1.807) is 0 Å². The van der Waals surface area contributed by atoms with E-state index in [0.29, 0.717) is 12.5 Å². The summed E-state index contributed by atoms with van der Waals surface area (Å²) in [6.07, 6.45) is 4.02. The van der Waals surface area contributed by atoms with Crippen molar-refractivity contribution < 1.29 is 9.90 Å². The van der Waals surface area contributed by atoms with Gasteiger partial charge in [-0.25, -0.2) is 0 Å². The van der Waals surface area contributed by atoms with E-state index >= 15 is 0 Å². The summed E-state index contributed by atoms with van der Waals surface area (Å²) in [5.41, 5.74) is 1.32. The van der Waals surface area contributed by atoms with Crippen LogP contribution in [-0.2, 0) is 11.2 Å². The highest BCUT2D eigenvalue weighted by Crippen LogP contribution is 2.18. The van der Waals surface area contributed by atoms with Gasteiger partial charge in [0.05, 0.1) is 12.6 Å².